The molecule has 2 aliphatic carbocycles. The van der Waals surface area contributed by atoms with Gasteiger partial charge in [-0.2, -0.15) is 0 Å². The van der Waals surface area contributed by atoms with Gasteiger partial charge in [0.1, 0.15) is 13.2 Å². The number of carbonyl (C=O) groups excluding carboxylic acids is 4. The van der Waals surface area contributed by atoms with Gasteiger partial charge >= 0.3 is 17.9 Å². The highest BCUT2D eigenvalue weighted by Crippen LogP contribution is 2.54. The summed E-state index contributed by atoms with van der Waals surface area (Å²) >= 11 is 0. The second-order valence-corrected chi connectivity index (χ2v) is 10.2. The Morgan fingerprint density at radius 3 is 1.69 bits per heavy atom. The van der Waals surface area contributed by atoms with Crippen LogP contribution in [0.1, 0.15) is 51.2 Å². The Hall–Kier alpha value is -4.20. The zero-order chi connectivity index (χ0) is 28.2. The van der Waals surface area contributed by atoms with Gasteiger partial charge in [0.2, 0.25) is 5.91 Å². The molecule has 0 saturated heterocycles. The average molecular weight is 532 g/mol. The highest BCUT2D eigenvalue weighted by molar-refractivity contribution is 6.03. The number of nitrogens with one attached hydrogen (secondary N) is 1. The first-order valence-corrected chi connectivity index (χ1v) is 12.8. The van der Waals surface area contributed by atoms with Crippen LogP contribution < -0.4 is 5.32 Å². The summed E-state index contributed by atoms with van der Waals surface area (Å²) in [5.74, 6) is -2.40. The lowest BCUT2D eigenvalue weighted by atomic mass is 9.74. The zero-order valence-electron chi connectivity index (χ0n) is 22.7. The molecule has 1 fully saturated rings. The molecule has 1 N–H and O–H groups in total. The number of rotatable bonds is 8. The van der Waals surface area contributed by atoms with Crippen molar-refractivity contribution in [3.63, 3.8) is 0 Å². The van der Waals surface area contributed by atoms with Gasteiger partial charge in [-0.3, -0.25) is 14.4 Å². The molecule has 0 spiro atoms. The van der Waals surface area contributed by atoms with E-state index in [-0.39, 0.29) is 32.5 Å². The van der Waals surface area contributed by atoms with Crippen molar-refractivity contribution < 1.29 is 33.4 Å². The molecule has 0 heterocycles. The van der Waals surface area contributed by atoms with Crippen LogP contribution >= 0.6 is 0 Å². The molecular formula is C31H33NO7. The summed E-state index contributed by atoms with van der Waals surface area (Å²) in [5.41, 5.74) is 1.28. The molecule has 2 aromatic carbocycles. The van der Waals surface area contributed by atoms with Gasteiger partial charge in [-0.15, -0.1) is 0 Å². The number of amides is 1. The number of ether oxygens (including phenoxy) is 3. The average Bonchev–Trinajstić information content (AvgIpc) is 3.36. The van der Waals surface area contributed by atoms with Gasteiger partial charge in [-0.05, 0) is 54.5 Å². The standard InChI is InChI=1S/C31H33NO7/c1-20-15-31(29(36)37-4,32-22(3)33)21(2)26-17-30(16-25(20)26,27(34)38-18-23-11-7-5-8-12-23)28(35)39-19-24-13-9-6-10-14-24/h5-14H,15-19H2,1-4H3,(H,32,33)/t31-/m0/s1. The molecule has 1 atom stereocenters. The van der Waals surface area contributed by atoms with Crippen molar-refractivity contribution in [1.82, 2.24) is 5.32 Å². The third kappa shape index (κ3) is 5.37. The highest BCUT2D eigenvalue weighted by atomic mass is 16.6. The number of methoxy groups -OCH3 is 1. The van der Waals surface area contributed by atoms with Crippen LogP contribution in [0.15, 0.2) is 83.0 Å². The zero-order valence-corrected chi connectivity index (χ0v) is 22.7. The third-order valence-corrected chi connectivity index (χ3v) is 7.59. The molecule has 1 amide bonds. The Morgan fingerprint density at radius 2 is 1.23 bits per heavy atom. The van der Waals surface area contributed by atoms with Crippen LogP contribution in [-0.4, -0.2) is 36.5 Å². The maximum Gasteiger partial charge on any atom is 0.336 e. The van der Waals surface area contributed by atoms with E-state index in [1.165, 1.54) is 14.0 Å². The van der Waals surface area contributed by atoms with Crippen LogP contribution in [0.2, 0.25) is 0 Å². The molecule has 0 aromatic heterocycles. The normalized spacial score (nSPS) is 19.7. The number of carbonyl (C=O) groups is 4. The topological polar surface area (TPSA) is 108 Å². The fourth-order valence-electron chi connectivity index (χ4n) is 5.52. The van der Waals surface area contributed by atoms with Crippen molar-refractivity contribution in [1.29, 1.82) is 0 Å². The van der Waals surface area contributed by atoms with Crippen LogP contribution in [0, 0.1) is 5.41 Å². The largest absolute Gasteiger partial charge is 0.467 e. The second kappa shape index (κ2) is 11.3. The van der Waals surface area contributed by atoms with Crippen LogP contribution in [0.25, 0.3) is 0 Å². The van der Waals surface area contributed by atoms with E-state index in [0.29, 0.717) is 11.1 Å². The van der Waals surface area contributed by atoms with Gasteiger partial charge in [-0.25, -0.2) is 4.79 Å². The molecule has 0 radical (unpaired) electrons. The van der Waals surface area contributed by atoms with Crippen LogP contribution in [0.4, 0.5) is 0 Å². The second-order valence-electron chi connectivity index (χ2n) is 10.2. The van der Waals surface area contributed by atoms with E-state index in [1.807, 2.05) is 67.6 Å². The minimum absolute atomic E-state index is 0.00143. The van der Waals surface area contributed by atoms with E-state index in [4.69, 9.17) is 14.2 Å². The Kier molecular flexibility index (Phi) is 8.04. The van der Waals surface area contributed by atoms with E-state index in [2.05, 4.69) is 5.32 Å². The van der Waals surface area contributed by atoms with Gasteiger partial charge in [-0.1, -0.05) is 66.2 Å². The van der Waals surface area contributed by atoms with Crippen molar-refractivity contribution in [2.45, 2.75) is 58.8 Å². The predicted octanol–water partition coefficient (Wildman–Crippen LogP) is 4.34. The highest BCUT2D eigenvalue weighted by Gasteiger charge is 2.58. The van der Waals surface area contributed by atoms with Gasteiger partial charge in [0.15, 0.2) is 11.0 Å². The number of hydrogen-bond acceptors (Lipinski definition) is 7. The fraction of sp³-hybridized carbons (Fsp3) is 0.355. The minimum atomic E-state index is -1.64. The van der Waals surface area contributed by atoms with E-state index >= 15 is 0 Å². The van der Waals surface area contributed by atoms with E-state index in [0.717, 1.165) is 22.3 Å². The van der Waals surface area contributed by atoms with Gasteiger partial charge in [0.25, 0.3) is 0 Å². The lowest BCUT2D eigenvalue weighted by Crippen LogP contribution is -2.57. The summed E-state index contributed by atoms with van der Waals surface area (Å²) in [6, 6.07) is 18.4. The number of fused-ring (bicyclic) bond motifs is 1. The van der Waals surface area contributed by atoms with E-state index < -0.39 is 34.8 Å². The van der Waals surface area contributed by atoms with Crippen LogP contribution in [0.5, 0.6) is 0 Å². The molecule has 0 unspecified atom stereocenters. The van der Waals surface area contributed by atoms with Crippen molar-refractivity contribution in [3.8, 4) is 0 Å². The van der Waals surface area contributed by atoms with Gasteiger partial charge in [0, 0.05) is 13.3 Å². The molecule has 204 valence electrons. The van der Waals surface area contributed by atoms with Gasteiger partial charge < -0.3 is 19.5 Å². The Bertz CT molecular complexity index is 1290. The third-order valence-electron chi connectivity index (χ3n) is 7.59. The summed E-state index contributed by atoms with van der Waals surface area (Å²) in [4.78, 5) is 52.7. The molecule has 1 saturated carbocycles. The molecule has 0 bridgehead atoms. The molecule has 2 aromatic rings. The first kappa shape index (κ1) is 27.8. The van der Waals surface area contributed by atoms with E-state index in [1.54, 1.807) is 6.92 Å². The maximum absolute atomic E-state index is 13.7. The fourth-order valence-corrected chi connectivity index (χ4v) is 5.52. The molecule has 0 aliphatic heterocycles. The van der Waals surface area contributed by atoms with Crippen molar-refractivity contribution >= 4 is 23.8 Å². The van der Waals surface area contributed by atoms with Gasteiger partial charge in [0.05, 0.1) is 7.11 Å². The number of benzene rings is 2. The Labute approximate surface area is 228 Å². The number of hydrogen-bond donors (Lipinski definition) is 1. The van der Waals surface area contributed by atoms with Crippen molar-refractivity contribution in [2.24, 2.45) is 5.41 Å². The Morgan fingerprint density at radius 1 is 0.744 bits per heavy atom. The number of allylic oxidation sites excluding steroid dienone is 2. The minimum Gasteiger partial charge on any atom is -0.467 e. The predicted molar refractivity (Wildman–Crippen MR) is 143 cm³/mol. The summed E-state index contributed by atoms with van der Waals surface area (Å²) in [6.07, 6.45) is 0.216. The first-order chi connectivity index (χ1) is 18.6. The van der Waals surface area contributed by atoms with Crippen molar-refractivity contribution in [3.05, 3.63) is 94.1 Å². The first-order valence-electron chi connectivity index (χ1n) is 12.8. The molecule has 8 nitrogen and oxygen atoms in total. The molecule has 39 heavy (non-hydrogen) atoms. The summed E-state index contributed by atoms with van der Waals surface area (Å²) < 4.78 is 16.5. The monoisotopic (exact) mass is 531 g/mol. The SMILES string of the molecule is COC(=O)[C@]1(NC(C)=O)CC(C)=C2CC(C(=O)OCc3ccccc3)(C(=O)OCc3ccccc3)CC2=C1C. The molecule has 4 rings (SSSR count). The van der Waals surface area contributed by atoms with Crippen LogP contribution in [-0.2, 0) is 46.6 Å². The smallest absolute Gasteiger partial charge is 0.336 e. The summed E-state index contributed by atoms with van der Waals surface area (Å²) in [6.45, 7) is 4.90. The quantitative estimate of drug-likeness (QED) is 0.307. The lowest BCUT2D eigenvalue weighted by molar-refractivity contribution is -0.173. The lowest BCUT2D eigenvalue weighted by Gasteiger charge is -2.38. The Balaban J connectivity index is 1.73. The van der Waals surface area contributed by atoms with Crippen molar-refractivity contribution in [2.75, 3.05) is 7.11 Å². The summed E-state index contributed by atoms with van der Waals surface area (Å²) in [5, 5.41) is 2.78. The molecule has 2 aliphatic rings. The molecular weight excluding hydrogens is 498 g/mol. The molecule has 8 heteroatoms. The maximum atomic E-state index is 13.7. The summed E-state index contributed by atoms with van der Waals surface area (Å²) in [7, 11) is 1.26. The van der Waals surface area contributed by atoms with E-state index in [9.17, 15) is 19.2 Å². The number of esters is 3. The van der Waals surface area contributed by atoms with Crippen LogP contribution in [0.3, 0.4) is 0 Å².